The molecule has 3 aliphatic heterocycles. The fraction of sp³-hybridized carbons (Fsp3) is 0.594. The molecule has 3 aliphatic rings. The van der Waals surface area contributed by atoms with Gasteiger partial charge < -0.3 is 19.8 Å². The number of hydrogen-bond acceptors (Lipinski definition) is 5. The van der Waals surface area contributed by atoms with Gasteiger partial charge in [-0.05, 0) is 58.6 Å². The molecule has 8 heteroatoms. The summed E-state index contributed by atoms with van der Waals surface area (Å²) in [6, 6.07) is 8.95. The number of fused-ring (bicyclic) bond motifs is 1. The van der Waals surface area contributed by atoms with Crippen LogP contribution in [0.2, 0.25) is 0 Å². The number of aliphatic hydroxyl groups excluding tert-OH is 1. The molecule has 3 heterocycles. The minimum Gasteiger partial charge on any atom is -0.396 e. The number of aliphatic hydroxyl groups is 1. The molecule has 1 aromatic carbocycles. The Morgan fingerprint density at radius 1 is 1.07 bits per heavy atom. The Hall–Kier alpha value is -2.58. The lowest BCUT2D eigenvalue weighted by Gasteiger charge is -2.42. The summed E-state index contributed by atoms with van der Waals surface area (Å²) in [5, 5.41) is 9.18. The zero-order chi connectivity index (χ0) is 29.1. The third-order valence-corrected chi connectivity index (χ3v) is 10.6. The number of benzene rings is 1. The molecule has 0 aromatic heterocycles. The minimum absolute atomic E-state index is 0.00183. The van der Waals surface area contributed by atoms with E-state index in [9.17, 15) is 19.5 Å². The quantitative estimate of drug-likeness (QED) is 0.277. The van der Waals surface area contributed by atoms with Gasteiger partial charge in [-0.2, -0.15) is 0 Å². The lowest BCUT2D eigenvalue weighted by atomic mass is 9.70. The number of carbonyl (C=O) groups excluding carboxylic acids is 3. The van der Waals surface area contributed by atoms with Crippen molar-refractivity contribution in [3.63, 3.8) is 0 Å². The van der Waals surface area contributed by atoms with Gasteiger partial charge in [-0.1, -0.05) is 43.2 Å². The van der Waals surface area contributed by atoms with Crippen molar-refractivity contribution in [1.82, 2.24) is 9.80 Å². The monoisotopic (exact) mass is 567 g/mol. The van der Waals surface area contributed by atoms with Crippen molar-refractivity contribution in [3.8, 4) is 0 Å². The van der Waals surface area contributed by atoms with E-state index in [-0.39, 0.29) is 29.6 Å². The maximum Gasteiger partial charge on any atom is 0.247 e. The molecule has 1 spiro atoms. The Labute approximate surface area is 243 Å². The predicted molar refractivity (Wildman–Crippen MR) is 162 cm³/mol. The molecule has 0 aliphatic carbocycles. The van der Waals surface area contributed by atoms with Gasteiger partial charge in [0, 0.05) is 42.7 Å². The number of para-hydroxylation sites is 1. The first-order chi connectivity index (χ1) is 19.1. The van der Waals surface area contributed by atoms with Gasteiger partial charge in [-0.25, -0.2) is 0 Å². The average Bonchev–Trinajstić information content (AvgIpc) is 3.57. The van der Waals surface area contributed by atoms with Crippen LogP contribution in [-0.2, 0) is 14.4 Å². The highest BCUT2D eigenvalue weighted by atomic mass is 32.2. The molecule has 2 bridgehead atoms. The van der Waals surface area contributed by atoms with E-state index >= 15 is 0 Å². The molecule has 7 nitrogen and oxygen atoms in total. The van der Waals surface area contributed by atoms with Crippen LogP contribution in [0.3, 0.4) is 0 Å². The predicted octanol–water partition coefficient (Wildman–Crippen LogP) is 4.66. The SMILES string of the molecule is C=CCN(C(=O)[C@@H]1[C@H]2C(=O)N(CCCCCCO)C(C(=O)N(CC=C)C(C)(C)C)C23CC[C@H]1S3)c1ccccc1. The van der Waals surface area contributed by atoms with Gasteiger partial charge in [0.1, 0.15) is 6.04 Å². The number of carbonyl (C=O) groups is 3. The summed E-state index contributed by atoms with van der Waals surface area (Å²) < 4.78 is -0.620. The Morgan fingerprint density at radius 2 is 1.75 bits per heavy atom. The van der Waals surface area contributed by atoms with E-state index in [1.54, 1.807) is 28.8 Å². The third kappa shape index (κ3) is 5.49. The summed E-state index contributed by atoms with van der Waals surface area (Å²) in [6.45, 7) is 15.2. The van der Waals surface area contributed by atoms with E-state index < -0.39 is 28.2 Å². The van der Waals surface area contributed by atoms with Gasteiger partial charge in [0.2, 0.25) is 17.7 Å². The van der Waals surface area contributed by atoms with E-state index in [4.69, 9.17) is 0 Å². The smallest absolute Gasteiger partial charge is 0.247 e. The fourth-order valence-corrected chi connectivity index (χ4v) is 9.12. The first-order valence-electron chi connectivity index (χ1n) is 14.6. The first kappa shape index (κ1) is 30.4. The van der Waals surface area contributed by atoms with Crippen LogP contribution < -0.4 is 4.90 Å². The van der Waals surface area contributed by atoms with Crippen LogP contribution in [0.4, 0.5) is 5.69 Å². The van der Waals surface area contributed by atoms with Crippen LogP contribution in [0.1, 0.15) is 59.3 Å². The second kappa shape index (κ2) is 12.5. The summed E-state index contributed by atoms with van der Waals surface area (Å²) in [5.41, 5.74) is 0.346. The summed E-state index contributed by atoms with van der Waals surface area (Å²) >= 11 is 1.71. The van der Waals surface area contributed by atoms with Crippen molar-refractivity contribution in [2.24, 2.45) is 11.8 Å². The van der Waals surface area contributed by atoms with Crippen LogP contribution in [0.5, 0.6) is 0 Å². The molecule has 0 saturated carbocycles. The van der Waals surface area contributed by atoms with Gasteiger partial charge in [0.05, 0.1) is 16.6 Å². The maximum absolute atomic E-state index is 14.5. The number of nitrogens with zero attached hydrogens (tertiary/aromatic N) is 3. The summed E-state index contributed by atoms with van der Waals surface area (Å²) in [5.74, 6) is -1.18. The topological polar surface area (TPSA) is 81.2 Å². The van der Waals surface area contributed by atoms with E-state index in [2.05, 4.69) is 13.2 Å². The molecule has 3 saturated heterocycles. The van der Waals surface area contributed by atoms with Gasteiger partial charge in [0.25, 0.3) is 0 Å². The second-order valence-corrected chi connectivity index (χ2v) is 13.8. The molecular weight excluding hydrogens is 522 g/mol. The number of hydrogen-bond donors (Lipinski definition) is 1. The van der Waals surface area contributed by atoms with Crippen molar-refractivity contribution >= 4 is 35.2 Å². The van der Waals surface area contributed by atoms with Crippen molar-refractivity contribution in [1.29, 1.82) is 0 Å². The van der Waals surface area contributed by atoms with Crippen LogP contribution in [0, 0.1) is 11.8 Å². The van der Waals surface area contributed by atoms with Crippen LogP contribution in [0.25, 0.3) is 0 Å². The number of amides is 3. The van der Waals surface area contributed by atoms with Gasteiger partial charge >= 0.3 is 0 Å². The average molecular weight is 568 g/mol. The summed E-state index contributed by atoms with van der Waals surface area (Å²) in [7, 11) is 0. The van der Waals surface area contributed by atoms with E-state index in [1.807, 2.05) is 60.9 Å². The Balaban J connectivity index is 1.71. The van der Waals surface area contributed by atoms with Crippen molar-refractivity contribution in [2.75, 3.05) is 31.1 Å². The van der Waals surface area contributed by atoms with Crippen molar-refractivity contribution in [2.45, 2.75) is 80.9 Å². The normalized spacial score (nSPS) is 27.0. The molecule has 5 atom stereocenters. The molecule has 4 rings (SSSR count). The number of anilines is 1. The van der Waals surface area contributed by atoms with Gasteiger partial charge in [-0.15, -0.1) is 24.9 Å². The van der Waals surface area contributed by atoms with Gasteiger partial charge in [-0.3, -0.25) is 14.4 Å². The Morgan fingerprint density at radius 3 is 2.38 bits per heavy atom. The molecule has 1 aromatic rings. The molecule has 2 unspecified atom stereocenters. The Kier molecular flexibility index (Phi) is 9.51. The molecule has 3 fully saturated rings. The van der Waals surface area contributed by atoms with Gasteiger partial charge in [0.15, 0.2) is 0 Å². The molecule has 3 amide bonds. The summed E-state index contributed by atoms with van der Waals surface area (Å²) in [6.07, 6.45) is 8.26. The Bertz CT molecular complexity index is 1100. The van der Waals surface area contributed by atoms with Crippen molar-refractivity contribution < 1.29 is 19.5 Å². The minimum atomic E-state index is -0.620. The second-order valence-electron chi connectivity index (χ2n) is 12.2. The zero-order valence-corrected chi connectivity index (χ0v) is 25.1. The molecule has 218 valence electrons. The lowest BCUT2D eigenvalue weighted by molar-refractivity contribution is -0.145. The summed E-state index contributed by atoms with van der Waals surface area (Å²) in [4.78, 5) is 48.5. The van der Waals surface area contributed by atoms with E-state index in [0.717, 1.165) is 44.2 Å². The molecule has 40 heavy (non-hydrogen) atoms. The number of likely N-dealkylation sites (tertiary alicyclic amines) is 1. The number of thioether (sulfide) groups is 1. The third-order valence-electron chi connectivity index (χ3n) is 8.66. The van der Waals surface area contributed by atoms with E-state index in [1.165, 1.54) is 0 Å². The highest BCUT2D eigenvalue weighted by Gasteiger charge is 2.74. The fourth-order valence-electron chi connectivity index (χ4n) is 6.91. The van der Waals surface area contributed by atoms with Crippen LogP contribution >= 0.6 is 11.8 Å². The zero-order valence-electron chi connectivity index (χ0n) is 24.3. The molecule has 0 radical (unpaired) electrons. The van der Waals surface area contributed by atoms with Crippen molar-refractivity contribution in [3.05, 3.63) is 55.6 Å². The lowest BCUT2D eigenvalue weighted by Crippen LogP contribution is -2.58. The van der Waals surface area contributed by atoms with E-state index in [0.29, 0.717) is 19.6 Å². The van der Waals surface area contributed by atoms with Crippen LogP contribution in [-0.4, -0.2) is 80.4 Å². The molecular formula is C32H45N3O4S. The maximum atomic E-state index is 14.5. The van der Waals surface area contributed by atoms with Crippen LogP contribution in [0.15, 0.2) is 55.6 Å². The highest BCUT2D eigenvalue weighted by Crippen LogP contribution is 2.67. The first-order valence-corrected chi connectivity index (χ1v) is 15.5. The number of rotatable bonds is 13. The number of unbranched alkanes of at least 4 members (excludes halogenated alkanes) is 3. The molecule has 1 N–H and O–H groups in total. The standard InChI is InChI=1S/C32H45N3O4S/c1-6-19-33(23-15-11-10-12-16-23)28(37)25-24-17-18-32(40-24)26(25)29(38)34(21-13-8-9-14-22-36)27(32)30(39)35(20-7-2)31(3,4)5/h6-7,10-12,15-16,24-27,36H,1-2,8-9,13-14,17-22H2,3-5H3/t24-,25+,26+,27?,32?/m1/s1. The largest absolute Gasteiger partial charge is 0.396 e. The highest BCUT2D eigenvalue weighted by molar-refractivity contribution is 8.02.